The fourth-order valence-corrected chi connectivity index (χ4v) is 2.05. The van der Waals surface area contributed by atoms with E-state index >= 15 is 0 Å². The van der Waals surface area contributed by atoms with Gasteiger partial charge in [-0.15, -0.1) is 0 Å². The molecule has 1 aromatic carbocycles. The SMILES string of the molecule is CC(C)(C)CCOc1c(Br)cccc1CCN. The quantitative estimate of drug-likeness (QED) is 0.898. The zero-order chi connectivity index (χ0) is 12.9. The van der Waals surface area contributed by atoms with Crippen LogP contribution in [0.3, 0.4) is 0 Å². The Hall–Kier alpha value is -0.540. The average molecular weight is 300 g/mol. The van der Waals surface area contributed by atoms with Crippen molar-refractivity contribution in [3.8, 4) is 5.75 Å². The maximum atomic E-state index is 5.89. The molecule has 0 bridgehead atoms. The molecule has 0 aliphatic rings. The zero-order valence-electron chi connectivity index (χ0n) is 10.9. The predicted molar refractivity (Wildman–Crippen MR) is 76.5 cm³/mol. The lowest BCUT2D eigenvalue weighted by molar-refractivity contribution is 0.240. The van der Waals surface area contributed by atoms with E-state index in [-0.39, 0.29) is 0 Å². The van der Waals surface area contributed by atoms with Crippen LogP contribution >= 0.6 is 15.9 Å². The van der Waals surface area contributed by atoms with Gasteiger partial charge in [0.2, 0.25) is 0 Å². The lowest BCUT2D eigenvalue weighted by Crippen LogP contribution is -2.12. The smallest absolute Gasteiger partial charge is 0.136 e. The molecule has 2 N–H and O–H groups in total. The molecule has 17 heavy (non-hydrogen) atoms. The van der Waals surface area contributed by atoms with Crippen molar-refractivity contribution < 1.29 is 4.74 Å². The summed E-state index contributed by atoms with van der Waals surface area (Å²) in [5.41, 5.74) is 7.08. The second-order valence-electron chi connectivity index (χ2n) is 5.43. The Morgan fingerprint density at radius 2 is 2.00 bits per heavy atom. The van der Waals surface area contributed by atoms with Gasteiger partial charge in [0.1, 0.15) is 5.75 Å². The number of nitrogens with two attached hydrogens (primary N) is 1. The van der Waals surface area contributed by atoms with Gasteiger partial charge in [0, 0.05) is 0 Å². The first-order chi connectivity index (χ1) is 7.94. The zero-order valence-corrected chi connectivity index (χ0v) is 12.5. The molecule has 0 radical (unpaired) electrons. The van der Waals surface area contributed by atoms with Gasteiger partial charge < -0.3 is 10.5 Å². The number of para-hydroxylation sites is 1. The molecule has 0 aliphatic carbocycles. The second-order valence-corrected chi connectivity index (χ2v) is 6.28. The molecule has 1 aromatic rings. The number of benzene rings is 1. The highest BCUT2D eigenvalue weighted by atomic mass is 79.9. The average Bonchev–Trinajstić information content (AvgIpc) is 2.21. The summed E-state index contributed by atoms with van der Waals surface area (Å²) in [6.07, 6.45) is 1.89. The summed E-state index contributed by atoms with van der Waals surface area (Å²) >= 11 is 3.53. The van der Waals surface area contributed by atoms with E-state index in [2.05, 4.69) is 42.8 Å². The molecule has 0 aromatic heterocycles. The van der Waals surface area contributed by atoms with Crippen molar-refractivity contribution in [2.75, 3.05) is 13.2 Å². The van der Waals surface area contributed by atoms with Crippen LogP contribution in [0, 0.1) is 5.41 Å². The summed E-state index contributed by atoms with van der Waals surface area (Å²) < 4.78 is 6.91. The van der Waals surface area contributed by atoms with Crippen molar-refractivity contribution in [2.24, 2.45) is 11.1 Å². The highest BCUT2D eigenvalue weighted by molar-refractivity contribution is 9.10. The Labute approximate surface area is 113 Å². The lowest BCUT2D eigenvalue weighted by atomic mass is 9.93. The summed E-state index contributed by atoms with van der Waals surface area (Å²) in [4.78, 5) is 0. The van der Waals surface area contributed by atoms with E-state index in [1.807, 2.05) is 12.1 Å². The summed E-state index contributed by atoms with van der Waals surface area (Å²) in [5.74, 6) is 0.946. The molecule has 0 saturated carbocycles. The maximum Gasteiger partial charge on any atom is 0.136 e. The molecule has 0 amide bonds. The Balaban J connectivity index is 2.68. The van der Waals surface area contributed by atoms with Gasteiger partial charge in [0.25, 0.3) is 0 Å². The first kappa shape index (κ1) is 14.5. The summed E-state index contributed by atoms with van der Waals surface area (Å²) in [7, 11) is 0. The third-order valence-corrected chi connectivity index (χ3v) is 3.19. The van der Waals surface area contributed by atoms with Crippen LogP contribution in [0.5, 0.6) is 5.75 Å². The van der Waals surface area contributed by atoms with Gasteiger partial charge in [-0.1, -0.05) is 32.9 Å². The van der Waals surface area contributed by atoms with Crippen molar-refractivity contribution in [3.63, 3.8) is 0 Å². The van der Waals surface area contributed by atoms with Gasteiger partial charge in [-0.05, 0) is 52.4 Å². The summed E-state index contributed by atoms with van der Waals surface area (Å²) in [5, 5.41) is 0. The van der Waals surface area contributed by atoms with Gasteiger partial charge in [-0.3, -0.25) is 0 Å². The van der Waals surface area contributed by atoms with Crippen molar-refractivity contribution in [3.05, 3.63) is 28.2 Å². The third kappa shape index (κ3) is 5.09. The number of halogens is 1. The fourth-order valence-electron chi connectivity index (χ4n) is 1.53. The minimum atomic E-state index is 0.301. The van der Waals surface area contributed by atoms with Gasteiger partial charge in [0.05, 0.1) is 11.1 Å². The normalized spacial score (nSPS) is 11.6. The van der Waals surface area contributed by atoms with E-state index in [0.717, 1.165) is 29.7 Å². The predicted octanol–water partition coefficient (Wildman–Crippen LogP) is 3.77. The van der Waals surface area contributed by atoms with E-state index in [9.17, 15) is 0 Å². The molecule has 3 heteroatoms. The van der Waals surface area contributed by atoms with Crippen LogP contribution in [0.4, 0.5) is 0 Å². The van der Waals surface area contributed by atoms with Crippen molar-refractivity contribution >= 4 is 15.9 Å². The summed E-state index contributed by atoms with van der Waals surface area (Å²) in [6, 6.07) is 6.10. The summed E-state index contributed by atoms with van der Waals surface area (Å²) in [6.45, 7) is 8.04. The van der Waals surface area contributed by atoms with Crippen LogP contribution in [0.2, 0.25) is 0 Å². The lowest BCUT2D eigenvalue weighted by Gasteiger charge is -2.19. The monoisotopic (exact) mass is 299 g/mol. The highest BCUT2D eigenvalue weighted by Crippen LogP contribution is 2.30. The topological polar surface area (TPSA) is 35.2 Å². The number of rotatable bonds is 5. The van der Waals surface area contributed by atoms with Crippen LogP contribution in [0.1, 0.15) is 32.8 Å². The van der Waals surface area contributed by atoms with Crippen LogP contribution < -0.4 is 10.5 Å². The molecule has 0 heterocycles. The van der Waals surface area contributed by atoms with E-state index in [1.165, 1.54) is 5.56 Å². The van der Waals surface area contributed by atoms with Crippen LogP contribution in [0.25, 0.3) is 0 Å². The van der Waals surface area contributed by atoms with Crippen LogP contribution in [-0.2, 0) is 6.42 Å². The minimum Gasteiger partial charge on any atom is -0.492 e. The molecular weight excluding hydrogens is 278 g/mol. The Morgan fingerprint density at radius 1 is 1.29 bits per heavy atom. The molecule has 0 fully saturated rings. The Morgan fingerprint density at radius 3 is 2.59 bits per heavy atom. The molecule has 0 saturated heterocycles. The van der Waals surface area contributed by atoms with Crippen LogP contribution in [-0.4, -0.2) is 13.2 Å². The standard InChI is InChI=1S/C14H22BrNO/c1-14(2,3)8-10-17-13-11(7-9-16)5-4-6-12(13)15/h4-6H,7-10,16H2,1-3H3. The maximum absolute atomic E-state index is 5.89. The molecule has 0 spiro atoms. The molecule has 1 rings (SSSR count). The van der Waals surface area contributed by atoms with Gasteiger partial charge in [0.15, 0.2) is 0 Å². The van der Waals surface area contributed by atoms with Crippen molar-refractivity contribution in [2.45, 2.75) is 33.6 Å². The van der Waals surface area contributed by atoms with Crippen molar-refractivity contribution in [1.82, 2.24) is 0 Å². The molecule has 2 nitrogen and oxygen atoms in total. The number of hydrogen-bond donors (Lipinski definition) is 1. The number of ether oxygens (including phenoxy) is 1. The number of hydrogen-bond acceptors (Lipinski definition) is 2. The van der Waals surface area contributed by atoms with Crippen LogP contribution in [0.15, 0.2) is 22.7 Å². The fraction of sp³-hybridized carbons (Fsp3) is 0.571. The first-order valence-electron chi connectivity index (χ1n) is 6.04. The molecular formula is C14H22BrNO. The Bertz CT molecular complexity index is 358. The molecule has 96 valence electrons. The second kappa shape index (κ2) is 6.41. The highest BCUT2D eigenvalue weighted by Gasteiger charge is 2.12. The largest absolute Gasteiger partial charge is 0.492 e. The van der Waals surface area contributed by atoms with Gasteiger partial charge in [-0.25, -0.2) is 0 Å². The first-order valence-corrected chi connectivity index (χ1v) is 6.83. The molecule has 0 aliphatic heterocycles. The van der Waals surface area contributed by atoms with E-state index in [1.54, 1.807) is 0 Å². The van der Waals surface area contributed by atoms with Crippen molar-refractivity contribution in [1.29, 1.82) is 0 Å². The Kier molecular flexibility index (Phi) is 5.47. The minimum absolute atomic E-state index is 0.301. The molecule has 0 unspecified atom stereocenters. The van der Waals surface area contributed by atoms with E-state index < -0.39 is 0 Å². The van der Waals surface area contributed by atoms with E-state index in [4.69, 9.17) is 10.5 Å². The van der Waals surface area contributed by atoms with Gasteiger partial charge in [-0.2, -0.15) is 0 Å². The third-order valence-electron chi connectivity index (χ3n) is 2.56. The molecule has 0 atom stereocenters. The van der Waals surface area contributed by atoms with Gasteiger partial charge >= 0.3 is 0 Å². The van der Waals surface area contributed by atoms with E-state index in [0.29, 0.717) is 12.0 Å².